The summed E-state index contributed by atoms with van der Waals surface area (Å²) >= 11 is 6.11. The van der Waals surface area contributed by atoms with Gasteiger partial charge >= 0.3 is 0 Å². The lowest BCUT2D eigenvalue weighted by Crippen LogP contribution is -2.03. The Kier molecular flexibility index (Phi) is 4.94. The molecule has 4 nitrogen and oxygen atoms in total. The van der Waals surface area contributed by atoms with Crippen LogP contribution >= 0.6 is 11.6 Å². The first-order valence-corrected chi connectivity index (χ1v) is 9.41. The molecule has 3 heterocycles. The van der Waals surface area contributed by atoms with E-state index in [0.717, 1.165) is 59.4 Å². The SMILES string of the molecule is CCn1nc(CCc2ccc(F)cc2)cc1Cc1c[nH]c2ncc(Cl)cc12. The van der Waals surface area contributed by atoms with E-state index in [1.807, 2.05) is 29.1 Å². The van der Waals surface area contributed by atoms with Crippen molar-refractivity contribution in [2.75, 3.05) is 0 Å². The molecule has 138 valence electrons. The number of aryl methyl sites for hydroxylation is 3. The van der Waals surface area contributed by atoms with Crippen molar-refractivity contribution < 1.29 is 4.39 Å². The number of aromatic amines is 1. The summed E-state index contributed by atoms with van der Waals surface area (Å²) in [5.74, 6) is -0.204. The van der Waals surface area contributed by atoms with Crippen molar-refractivity contribution in [3.63, 3.8) is 0 Å². The molecule has 0 radical (unpaired) electrons. The summed E-state index contributed by atoms with van der Waals surface area (Å²) in [6.07, 6.45) is 6.06. The van der Waals surface area contributed by atoms with Crippen molar-refractivity contribution in [1.82, 2.24) is 19.7 Å². The molecule has 4 aromatic rings. The Balaban J connectivity index is 1.54. The number of H-pyrrole nitrogens is 1. The topological polar surface area (TPSA) is 46.5 Å². The summed E-state index contributed by atoms with van der Waals surface area (Å²) < 4.78 is 15.1. The Hall–Kier alpha value is -2.66. The Morgan fingerprint density at radius 2 is 1.96 bits per heavy atom. The van der Waals surface area contributed by atoms with Crippen molar-refractivity contribution in [2.24, 2.45) is 0 Å². The molecule has 4 rings (SSSR count). The monoisotopic (exact) mass is 382 g/mol. The minimum Gasteiger partial charge on any atom is -0.346 e. The van der Waals surface area contributed by atoms with Gasteiger partial charge in [-0.1, -0.05) is 23.7 Å². The number of nitrogens with zero attached hydrogens (tertiary/aromatic N) is 3. The van der Waals surface area contributed by atoms with Crippen LogP contribution in [-0.2, 0) is 25.8 Å². The summed E-state index contributed by atoms with van der Waals surface area (Å²) in [7, 11) is 0. The molecule has 0 fully saturated rings. The summed E-state index contributed by atoms with van der Waals surface area (Å²) in [5.41, 5.74) is 5.31. The van der Waals surface area contributed by atoms with E-state index in [1.165, 1.54) is 12.1 Å². The van der Waals surface area contributed by atoms with Crippen LogP contribution in [0.1, 0.15) is 29.4 Å². The number of fused-ring (bicyclic) bond motifs is 1. The highest BCUT2D eigenvalue weighted by Gasteiger charge is 2.12. The van der Waals surface area contributed by atoms with Crippen LogP contribution in [0.15, 0.2) is 48.8 Å². The molecule has 3 aromatic heterocycles. The van der Waals surface area contributed by atoms with Gasteiger partial charge in [0.15, 0.2) is 0 Å². The minimum absolute atomic E-state index is 0.204. The minimum atomic E-state index is -0.204. The Morgan fingerprint density at radius 3 is 2.74 bits per heavy atom. The van der Waals surface area contributed by atoms with Gasteiger partial charge in [0.25, 0.3) is 0 Å². The van der Waals surface area contributed by atoms with Crippen molar-refractivity contribution in [3.8, 4) is 0 Å². The van der Waals surface area contributed by atoms with Gasteiger partial charge < -0.3 is 4.98 Å². The molecule has 0 amide bonds. The first-order chi connectivity index (χ1) is 13.1. The van der Waals surface area contributed by atoms with E-state index < -0.39 is 0 Å². The third-order valence-corrected chi connectivity index (χ3v) is 4.96. The van der Waals surface area contributed by atoms with E-state index in [1.54, 1.807) is 6.20 Å². The van der Waals surface area contributed by atoms with E-state index in [0.29, 0.717) is 5.02 Å². The van der Waals surface area contributed by atoms with Gasteiger partial charge in [0, 0.05) is 36.4 Å². The Bertz CT molecular complexity index is 1070. The Morgan fingerprint density at radius 1 is 1.15 bits per heavy atom. The second kappa shape index (κ2) is 7.53. The average molecular weight is 383 g/mol. The Labute approximate surface area is 162 Å². The van der Waals surface area contributed by atoms with Crippen LogP contribution in [0.25, 0.3) is 11.0 Å². The van der Waals surface area contributed by atoms with Gasteiger partial charge in [-0.3, -0.25) is 4.68 Å². The van der Waals surface area contributed by atoms with E-state index in [9.17, 15) is 4.39 Å². The van der Waals surface area contributed by atoms with Gasteiger partial charge in [-0.25, -0.2) is 9.37 Å². The van der Waals surface area contributed by atoms with Crippen molar-refractivity contribution in [3.05, 3.63) is 82.1 Å². The lowest BCUT2D eigenvalue weighted by molar-refractivity contribution is 0.618. The molecule has 6 heteroatoms. The van der Waals surface area contributed by atoms with E-state index in [4.69, 9.17) is 16.7 Å². The smallest absolute Gasteiger partial charge is 0.137 e. The molecule has 0 aliphatic rings. The van der Waals surface area contributed by atoms with Crippen LogP contribution in [0.5, 0.6) is 0 Å². The second-order valence-corrected chi connectivity index (χ2v) is 7.05. The molecule has 0 spiro atoms. The largest absolute Gasteiger partial charge is 0.346 e. The molecule has 0 aliphatic carbocycles. The van der Waals surface area contributed by atoms with E-state index in [2.05, 4.69) is 23.0 Å². The van der Waals surface area contributed by atoms with E-state index >= 15 is 0 Å². The van der Waals surface area contributed by atoms with Crippen molar-refractivity contribution in [2.45, 2.75) is 32.7 Å². The molecule has 0 bridgehead atoms. The molecule has 1 aromatic carbocycles. The maximum absolute atomic E-state index is 13.0. The maximum Gasteiger partial charge on any atom is 0.137 e. The summed E-state index contributed by atoms with van der Waals surface area (Å²) in [6, 6.07) is 10.8. The van der Waals surface area contributed by atoms with Crippen LogP contribution in [-0.4, -0.2) is 19.7 Å². The number of hydrogen-bond donors (Lipinski definition) is 1. The molecule has 0 atom stereocenters. The number of pyridine rings is 1. The number of halogens is 2. The third kappa shape index (κ3) is 3.88. The molecule has 0 unspecified atom stereocenters. The number of hydrogen-bond acceptors (Lipinski definition) is 2. The number of aromatic nitrogens is 4. The van der Waals surface area contributed by atoms with Gasteiger partial charge in [0.1, 0.15) is 11.5 Å². The zero-order chi connectivity index (χ0) is 18.8. The van der Waals surface area contributed by atoms with Gasteiger partial charge in [-0.05, 0) is 55.2 Å². The lowest BCUT2D eigenvalue weighted by atomic mass is 10.1. The van der Waals surface area contributed by atoms with Gasteiger partial charge in [0.05, 0.1) is 10.7 Å². The molecule has 27 heavy (non-hydrogen) atoms. The first kappa shape index (κ1) is 17.7. The van der Waals surface area contributed by atoms with Crippen LogP contribution in [0, 0.1) is 5.82 Å². The molecule has 1 N–H and O–H groups in total. The first-order valence-electron chi connectivity index (χ1n) is 9.04. The summed E-state index contributed by atoms with van der Waals surface area (Å²) in [4.78, 5) is 7.52. The summed E-state index contributed by atoms with van der Waals surface area (Å²) in [6.45, 7) is 2.90. The van der Waals surface area contributed by atoms with Crippen LogP contribution in [0.2, 0.25) is 5.02 Å². The quantitative estimate of drug-likeness (QED) is 0.513. The maximum atomic E-state index is 13.0. The molecule has 0 saturated heterocycles. The zero-order valence-electron chi connectivity index (χ0n) is 15.0. The normalized spacial score (nSPS) is 11.4. The third-order valence-electron chi connectivity index (χ3n) is 4.75. The van der Waals surface area contributed by atoms with Crippen molar-refractivity contribution >= 4 is 22.6 Å². The highest BCUT2D eigenvalue weighted by Crippen LogP contribution is 2.23. The highest BCUT2D eigenvalue weighted by molar-refractivity contribution is 6.31. The molecule has 0 aliphatic heterocycles. The van der Waals surface area contributed by atoms with Gasteiger partial charge in [0.2, 0.25) is 0 Å². The van der Waals surface area contributed by atoms with Crippen LogP contribution in [0.3, 0.4) is 0 Å². The van der Waals surface area contributed by atoms with Crippen molar-refractivity contribution in [1.29, 1.82) is 0 Å². The standard InChI is InChI=1S/C21H20ClFN4/c1-2-27-19(9-15-12-24-21-20(15)10-16(22)13-25-21)11-18(26-27)8-5-14-3-6-17(23)7-4-14/h3-4,6-7,10-13H,2,5,8-9H2,1H3,(H,24,25). The van der Waals surface area contributed by atoms with E-state index in [-0.39, 0.29) is 5.82 Å². The van der Waals surface area contributed by atoms with Crippen LogP contribution < -0.4 is 0 Å². The predicted octanol–water partition coefficient (Wildman–Crippen LogP) is 4.95. The molecular formula is C21H20ClFN4. The highest BCUT2D eigenvalue weighted by atomic mass is 35.5. The fourth-order valence-corrected chi connectivity index (χ4v) is 3.51. The van der Waals surface area contributed by atoms with Gasteiger partial charge in [-0.2, -0.15) is 5.10 Å². The zero-order valence-corrected chi connectivity index (χ0v) is 15.8. The fraction of sp³-hybridized carbons (Fsp3) is 0.238. The predicted molar refractivity (Wildman–Crippen MR) is 106 cm³/mol. The number of rotatable bonds is 6. The second-order valence-electron chi connectivity index (χ2n) is 6.61. The molecular weight excluding hydrogens is 363 g/mol. The number of benzene rings is 1. The fourth-order valence-electron chi connectivity index (χ4n) is 3.35. The lowest BCUT2D eigenvalue weighted by Gasteiger charge is -2.03. The average Bonchev–Trinajstić information content (AvgIpc) is 3.25. The summed E-state index contributed by atoms with van der Waals surface area (Å²) in [5, 5.41) is 6.40. The number of nitrogens with one attached hydrogen (secondary N) is 1. The molecule has 0 saturated carbocycles. The van der Waals surface area contributed by atoms with Crippen LogP contribution in [0.4, 0.5) is 4.39 Å². The van der Waals surface area contributed by atoms with Gasteiger partial charge in [-0.15, -0.1) is 0 Å².